The molecule has 0 aromatic carbocycles. The van der Waals surface area contributed by atoms with Crippen LogP contribution in [0.2, 0.25) is 0 Å². The minimum absolute atomic E-state index is 0.150. The monoisotopic (exact) mass is 217 g/mol. The lowest BCUT2D eigenvalue weighted by Gasteiger charge is -2.52. The fourth-order valence-corrected chi connectivity index (χ4v) is 2.50. The summed E-state index contributed by atoms with van der Waals surface area (Å²) in [6.45, 7) is 1.57. The molecule has 1 heterocycles. The van der Waals surface area contributed by atoms with Crippen molar-refractivity contribution in [3.8, 4) is 0 Å². The van der Waals surface area contributed by atoms with Crippen LogP contribution in [-0.2, 0) is 9.53 Å². The number of likely N-dealkylation sites (tertiary alicyclic amines) is 1. The average Bonchev–Trinajstić information content (AvgIpc) is 2.06. The van der Waals surface area contributed by atoms with Gasteiger partial charge in [-0.25, -0.2) is 0 Å². The molecule has 0 aromatic heterocycles. The van der Waals surface area contributed by atoms with Gasteiger partial charge in [0.25, 0.3) is 0 Å². The molecule has 1 aliphatic carbocycles. The summed E-state index contributed by atoms with van der Waals surface area (Å²) in [4.78, 5) is 13.8. The summed E-state index contributed by atoms with van der Waals surface area (Å²) in [7, 11) is 1.43. The fraction of sp³-hybridized carbons (Fsp3) is 0.900. The Morgan fingerprint density at radius 3 is 2.57 bits per heavy atom. The smallest absolute Gasteiger partial charge is 0.315 e. The van der Waals surface area contributed by atoms with Gasteiger partial charge in [0, 0.05) is 25.0 Å². The van der Waals surface area contributed by atoms with Gasteiger partial charge in [-0.3, -0.25) is 9.69 Å². The van der Waals surface area contributed by atoms with Gasteiger partial charge in [0.15, 0.2) is 0 Å². The van der Waals surface area contributed by atoms with Gasteiger partial charge in [0.2, 0.25) is 0 Å². The van der Waals surface area contributed by atoms with E-state index < -0.39 is 5.41 Å². The van der Waals surface area contributed by atoms with Crippen molar-refractivity contribution >= 4 is 17.6 Å². The van der Waals surface area contributed by atoms with Crippen LogP contribution in [0, 0.1) is 5.41 Å². The molecule has 0 N–H and O–H groups in total. The van der Waals surface area contributed by atoms with Crippen LogP contribution in [0.1, 0.15) is 19.3 Å². The van der Waals surface area contributed by atoms with Crippen molar-refractivity contribution in [2.24, 2.45) is 5.41 Å². The number of methoxy groups -OCH3 is 1. The summed E-state index contributed by atoms with van der Waals surface area (Å²) in [6, 6.07) is 0.705. The van der Waals surface area contributed by atoms with E-state index in [-0.39, 0.29) is 5.97 Å². The second kappa shape index (κ2) is 3.70. The molecule has 1 aliphatic heterocycles. The van der Waals surface area contributed by atoms with Crippen LogP contribution >= 0.6 is 11.6 Å². The Morgan fingerprint density at radius 2 is 2.21 bits per heavy atom. The number of hydrogen-bond donors (Lipinski definition) is 0. The molecule has 2 aliphatic rings. The lowest BCUT2D eigenvalue weighted by molar-refractivity contribution is -0.165. The van der Waals surface area contributed by atoms with Crippen molar-refractivity contribution in [1.29, 1.82) is 0 Å². The zero-order valence-electron chi connectivity index (χ0n) is 8.46. The molecule has 0 atom stereocenters. The fourth-order valence-electron chi connectivity index (χ4n) is 2.23. The van der Waals surface area contributed by atoms with Crippen molar-refractivity contribution in [1.82, 2.24) is 4.90 Å². The van der Waals surface area contributed by atoms with E-state index in [2.05, 4.69) is 4.90 Å². The van der Waals surface area contributed by atoms with E-state index in [0.29, 0.717) is 11.9 Å². The maximum absolute atomic E-state index is 11.5. The van der Waals surface area contributed by atoms with Crippen molar-refractivity contribution < 1.29 is 9.53 Å². The Bertz CT molecular complexity index is 234. The molecule has 2 fully saturated rings. The number of halogens is 1. The Labute approximate surface area is 89.4 Å². The molecule has 3 nitrogen and oxygen atoms in total. The van der Waals surface area contributed by atoms with E-state index in [1.54, 1.807) is 0 Å². The van der Waals surface area contributed by atoms with E-state index in [4.69, 9.17) is 16.3 Å². The minimum Gasteiger partial charge on any atom is -0.468 e. The highest BCUT2D eigenvalue weighted by molar-refractivity contribution is 6.20. The number of carbonyl (C=O) groups is 1. The van der Waals surface area contributed by atoms with Gasteiger partial charge in [0.05, 0.1) is 7.11 Å². The molecule has 4 heteroatoms. The SMILES string of the molecule is COC(=O)C1(CCl)CN(C2CCC2)C1. The van der Waals surface area contributed by atoms with Gasteiger partial charge < -0.3 is 4.74 Å². The van der Waals surface area contributed by atoms with Crippen LogP contribution in [0.4, 0.5) is 0 Å². The van der Waals surface area contributed by atoms with E-state index in [1.165, 1.54) is 26.4 Å². The van der Waals surface area contributed by atoms with Crippen LogP contribution in [-0.4, -0.2) is 43.0 Å². The first kappa shape index (κ1) is 10.2. The maximum Gasteiger partial charge on any atom is 0.315 e. The highest BCUT2D eigenvalue weighted by Crippen LogP contribution is 2.39. The summed E-state index contributed by atoms with van der Waals surface area (Å²) < 4.78 is 4.78. The zero-order valence-corrected chi connectivity index (χ0v) is 9.22. The molecule has 0 spiro atoms. The van der Waals surface area contributed by atoms with E-state index in [0.717, 1.165) is 13.1 Å². The van der Waals surface area contributed by atoms with Crippen molar-refractivity contribution in [3.63, 3.8) is 0 Å². The van der Waals surface area contributed by atoms with E-state index >= 15 is 0 Å². The summed E-state index contributed by atoms with van der Waals surface area (Å²) in [6.07, 6.45) is 3.88. The summed E-state index contributed by atoms with van der Waals surface area (Å²) in [5.74, 6) is 0.228. The van der Waals surface area contributed by atoms with Gasteiger partial charge in [0.1, 0.15) is 5.41 Å². The number of hydrogen-bond acceptors (Lipinski definition) is 3. The molecule has 80 valence electrons. The number of nitrogens with zero attached hydrogens (tertiary/aromatic N) is 1. The topological polar surface area (TPSA) is 29.5 Å². The molecule has 1 saturated heterocycles. The van der Waals surface area contributed by atoms with Gasteiger partial charge in [-0.1, -0.05) is 6.42 Å². The van der Waals surface area contributed by atoms with Crippen LogP contribution in [0.3, 0.4) is 0 Å². The molecule has 1 saturated carbocycles. The largest absolute Gasteiger partial charge is 0.468 e. The third-order valence-electron chi connectivity index (χ3n) is 3.48. The molecule has 0 amide bonds. The Kier molecular flexibility index (Phi) is 2.71. The molecule has 14 heavy (non-hydrogen) atoms. The highest BCUT2D eigenvalue weighted by atomic mass is 35.5. The van der Waals surface area contributed by atoms with Crippen molar-refractivity contribution in [3.05, 3.63) is 0 Å². The van der Waals surface area contributed by atoms with Crippen LogP contribution < -0.4 is 0 Å². The molecule has 0 bridgehead atoms. The number of rotatable bonds is 3. The summed E-state index contributed by atoms with van der Waals surface area (Å²) in [5.41, 5.74) is -0.411. The van der Waals surface area contributed by atoms with Crippen molar-refractivity contribution in [2.45, 2.75) is 25.3 Å². The molecular formula is C10H16ClNO2. The van der Waals surface area contributed by atoms with Gasteiger partial charge in [-0.2, -0.15) is 0 Å². The number of carbonyl (C=O) groups excluding carboxylic acids is 1. The predicted molar refractivity (Wildman–Crippen MR) is 54.4 cm³/mol. The number of ether oxygens (including phenoxy) is 1. The van der Waals surface area contributed by atoms with Gasteiger partial charge in [-0.15, -0.1) is 11.6 Å². The molecule has 0 unspecified atom stereocenters. The molecular weight excluding hydrogens is 202 g/mol. The molecule has 0 aromatic rings. The quantitative estimate of drug-likeness (QED) is 0.527. The number of esters is 1. The highest BCUT2D eigenvalue weighted by Gasteiger charge is 2.52. The normalized spacial score (nSPS) is 26.4. The van der Waals surface area contributed by atoms with E-state index in [1.807, 2.05) is 0 Å². The summed E-state index contributed by atoms with van der Waals surface area (Å²) >= 11 is 5.84. The third-order valence-corrected chi connectivity index (χ3v) is 3.99. The second-order valence-corrected chi connectivity index (χ2v) is 4.66. The van der Waals surface area contributed by atoms with Gasteiger partial charge in [-0.05, 0) is 12.8 Å². The lowest BCUT2D eigenvalue weighted by atomic mass is 9.77. The molecule has 2 rings (SSSR count). The predicted octanol–water partition coefficient (Wildman–Crippen LogP) is 1.25. The summed E-state index contributed by atoms with van der Waals surface area (Å²) in [5, 5.41) is 0. The first-order valence-electron chi connectivity index (χ1n) is 5.10. The maximum atomic E-state index is 11.5. The Balaban J connectivity index is 1.90. The second-order valence-electron chi connectivity index (χ2n) is 4.40. The minimum atomic E-state index is -0.411. The first-order valence-corrected chi connectivity index (χ1v) is 5.64. The first-order chi connectivity index (χ1) is 6.72. The zero-order chi connectivity index (χ0) is 10.2. The van der Waals surface area contributed by atoms with Gasteiger partial charge >= 0.3 is 5.97 Å². The van der Waals surface area contributed by atoms with Crippen LogP contribution in [0.25, 0.3) is 0 Å². The molecule has 0 radical (unpaired) electrons. The number of alkyl halides is 1. The standard InChI is InChI=1S/C10H16ClNO2/c1-14-9(13)10(5-11)6-12(7-10)8-3-2-4-8/h8H,2-7H2,1H3. The van der Waals surface area contributed by atoms with Crippen LogP contribution in [0.15, 0.2) is 0 Å². The van der Waals surface area contributed by atoms with Crippen molar-refractivity contribution in [2.75, 3.05) is 26.1 Å². The third kappa shape index (κ3) is 1.43. The van der Waals surface area contributed by atoms with Crippen LogP contribution in [0.5, 0.6) is 0 Å². The Hall–Kier alpha value is -0.280. The lowest BCUT2D eigenvalue weighted by Crippen LogP contribution is -2.65. The van der Waals surface area contributed by atoms with E-state index in [9.17, 15) is 4.79 Å². The Morgan fingerprint density at radius 1 is 1.57 bits per heavy atom. The average molecular weight is 218 g/mol.